The largest absolute Gasteiger partial charge is 0.452 e. The van der Waals surface area contributed by atoms with Gasteiger partial charge in [-0.1, -0.05) is 19.1 Å². The fraction of sp³-hybridized carbons (Fsp3) is 0.375. The highest BCUT2D eigenvalue weighted by atomic mass is 32.2. The second-order valence-electron chi connectivity index (χ2n) is 8.44. The summed E-state index contributed by atoms with van der Waals surface area (Å²) >= 11 is 0. The zero-order chi connectivity index (χ0) is 24.9. The van der Waals surface area contributed by atoms with Crippen LogP contribution in [0.25, 0.3) is 0 Å². The fourth-order valence-electron chi connectivity index (χ4n) is 3.55. The zero-order valence-electron chi connectivity index (χ0n) is 19.5. The van der Waals surface area contributed by atoms with Crippen LogP contribution >= 0.6 is 0 Å². The molecular formula is C24H29N3O6S. The lowest BCUT2D eigenvalue weighted by Gasteiger charge is -2.29. The number of carbonyl (C=O) groups excluding carboxylic acids is 3. The summed E-state index contributed by atoms with van der Waals surface area (Å²) in [6.45, 7) is 6.13. The van der Waals surface area contributed by atoms with E-state index in [-0.39, 0.29) is 10.5 Å². The minimum absolute atomic E-state index is 0.0962. The van der Waals surface area contributed by atoms with Crippen LogP contribution in [0.2, 0.25) is 0 Å². The average molecular weight is 488 g/mol. The number of carbonyl (C=O) groups is 3. The Hall–Kier alpha value is -3.24. The molecule has 0 radical (unpaired) electrons. The summed E-state index contributed by atoms with van der Waals surface area (Å²) in [5.74, 6) is -1.10. The number of nitrogens with one attached hydrogen (secondary N) is 2. The summed E-state index contributed by atoms with van der Waals surface area (Å²) in [6, 6.07) is 10.0. The maximum absolute atomic E-state index is 12.8. The van der Waals surface area contributed by atoms with Gasteiger partial charge in [0.25, 0.3) is 5.91 Å². The van der Waals surface area contributed by atoms with E-state index in [0.29, 0.717) is 24.7 Å². The van der Waals surface area contributed by atoms with E-state index in [9.17, 15) is 22.8 Å². The van der Waals surface area contributed by atoms with Gasteiger partial charge in [-0.25, -0.2) is 18.0 Å². The van der Waals surface area contributed by atoms with Crippen molar-refractivity contribution in [1.82, 2.24) is 9.62 Å². The van der Waals surface area contributed by atoms with E-state index < -0.39 is 34.5 Å². The lowest BCUT2D eigenvalue weighted by atomic mass is 10.0. The number of rotatable bonds is 6. The molecule has 0 saturated carbocycles. The van der Waals surface area contributed by atoms with Crippen molar-refractivity contribution >= 4 is 33.6 Å². The van der Waals surface area contributed by atoms with Crippen molar-refractivity contribution in [2.75, 3.05) is 25.0 Å². The van der Waals surface area contributed by atoms with E-state index in [2.05, 4.69) is 17.6 Å². The molecule has 0 unspecified atom stereocenters. The molecule has 2 aromatic rings. The van der Waals surface area contributed by atoms with E-state index in [0.717, 1.165) is 24.0 Å². The van der Waals surface area contributed by atoms with Gasteiger partial charge in [-0.2, -0.15) is 4.31 Å². The molecule has 0 spiro atoms. The van der Waals surface area contributed by atoms with Crippen LogP contribution in [0.5, 0.6) is 0 Å². The minimum atomic E-state index is -3.63. The van der Waals surface area contributed by atoms with Gasteiger partial charge in [-0.15, -0.1) is 0 Å². The molecule has 0 aliphatic carbocycles. The Morgan fingerprint density at radius 3 is 2.32 bits per heavy atom. The summed E-state index contributed by atoms with van der Waals surface area (Å²) in [5.41, 5.74) is 2.52. The number of piperidine rings is 1. The summed E-state index contributed by atoms with van der Waals surface area (Å²) < 4.78 is 32.0. The summed E-state index contributed by atoms with van der Waals surface area (Å²) in [4.78, 5) is 36.4. The minimum Gasteiger partial charge on any atom is -0.452 e. The van der Waals surface area contributed by atoms with E-state index in [1.54, 1.807) is 12.1 Å². The Bertz CT molecular complexity index is 1170. The molecule has 0 bridgehead atoms. The van der Waals surface area contributed by atoms with E-state index >= 15 is 0 Å². The van der Waals surface area contributed by atoms with Crippen LogP contribution in [-0.4, -0.2) is 50.3 Å². The summed E-state index contributed by atoms with van der Waals surface area (Å²) in [6.07, 6.45) is 1.63. The molecule has 182 valence electrons. The lowest BCUT2D eigenvalue weighted by molar-refractivity contribution is -0.123. The van der Waals surface area contributed by atoms with Gasteiger partial charge in [0.15, 0.2) is 6.61 Å². The zero-order valence-corrected chi connectivity index (χ0v) is 20.3. The predicted octanol–water partition coefficient (Wildman–Crippen LogP) is 3.23. The highest BCUT2D eigenvalue weighted by Gasteiger charge is 2.28. The predicted molar refractivity (Wildman–Crippen MR) is 127 cm³/mol. The first kappa shape index (κ1) is 25.4. The number of hydrogen-bond donors (Lipinski definition) is 2. The normalized spacial score (nSPS) is 14.9. The van der Waals surface area contributed by atoms with Gasteiger partial charge in [0, 0.05) is 18.8 Å². The highest BCUT2D eigenvalue weighted by molar-refractivity contribution is 7.89. The van der Waals surface area contributed by atoms with Crippen molar-refractivity contribution in [3.05, 3.63) is 59.2 Å². The Labute approximate surface area is 199 Å². The topological polar surface area (TPSA) is 122 Å². The van der Waals surface area contributed by atoms with Crippen molar-refractivity contribution in [1.29, 1.82) is 0 Å². The maximum Gasteiger partial charge on any atom is 0.338 e. The Balaban J connectivity index is 1.51. The molecular weight excluding hydrogens is 458 g/mol. The molecule has 10 heteroatoms. The van der Waals surface area contributed by atoms with Crippen LogP contribution in [0.1, 0.15) is 41.3 Å². The SMILES string of the molecule is Cc1cccc(NC(=O)NC(=O)COC(=O)c2ccc(S(=O)(=O)N3CCC(C)CC3)cc2)c1C. The van der Waals surface area contributed by atoms with Crippen LogP contribution in [-0.2, 0) is 19.6 Å². The van der Waals surface area contributed by atoms with E-state index in [4.69, 9.17) is 4.74 Å². The first-order valence-corrected chi connectivity index (χ1v) is 12.5. The molecule has 1 fully saturated rings. The number of urea groups is 1. The van der Waals surface area contributed by atoms with Crippen molar-refractivity contribution in [2.45, 2.75) is 38.5 Å². The standard InChI is InChI=1S/C24H29N3O6S/c1-16-11-13-27(14-12-16)34(31,32)20-9-7-19(8-10-20)23(29)33-15-22(28)26-24(30)25-21-6-4-5-17(2)18(21)3/h4-10,16H,11-15H2,1-3H3,(H2,25,26,28,30). The van der Waals surface area contributed by atoms with Gasteiger partial charge in [-0.05, 0) is 74.1 Å². The molecule has 2 N–H and O–H groups in total. The van der Waals surface area contributed by atoms with Crippen LogP contribution in [0.15, 0.2) is 47.4 Å². The number of imide groups is 1. The smallest absolute Gasteiger partial charge is 0.338 e. The first-order valence-electron chi connectivity index (χ1n) is 11.0. The van der Waals surface area contributed by atoms with Crippen molar-refractivity contribution in [3.63, 3.8) is 0 Å². The number of aryl methyl sites for hydroxylation is 1. The van der Waals surface area contributed by atoms with E-state index in [1.807, 2.05) is 19.9 Å². The molecule has 3 rings (SSSR count). The summed E-state index contributed by atoms with van der Waals surface area (Å²) in [5, 5.41) is 4.68. The Morgan fingerprint density at radius 1 is 1.03 bits per heavy atom. The molecule has 1 aliphatic rings. The van der Waals surface area contributed by atoms with Crippen molar-refractivity contribution in [3.8, 4) is 0 Å². The molecule has 34 heavy (non-hydrogen) atoms. The second-order valence-corrected chi connectivity index (χ2v) is 10.4. The molecule has 0 aromatic heterocycles. The van der Waals surface area contributed by atoms with Gasteiger partial charge in [0.05, 0.1) is 10.5 Å². The molecule has 1 aliphatic heterocycles. The number of esters is 1. The quantitative estimate of drug-likeness (QED) is 0.604. The third kappa shape index (κ3) is 6.21. The number of benzene rings is 2. The van der Waals surface area contributed by atoms with Crippen molar-refractivity contribution < 1.29 is 27.5 Å². The van der Waals surface area contributed by atoms with Crippen LogP contribution < -0.4 is 10.6 Å². The molecule has 1 heterocycles. The number of anilines is 1. The van der Waals surface area contributed by atoms with Gasteiger partial charge < -0.3 is 10.1 Å². The number of nitrogens with zero attached hydrogens (tertiary/aromatic N) is 1. The molecule has 3 amide bonds. The molecule has 1 saturated heterocycles. The van der Waals surface area contributed by atoms with E-state index in [1.165, 1.54) is 28.6 Å². The van der Waals surface area contributed by atoms with Crippen LogP contribution in [0.3, 0.4) is 0 Å². The number of hydrogen-bond acceptors (Lipinski definition) is 6. The van der Waals surface area contributed by atoms with Gasteiger partial charge in [0.2, 0.25) is 10.0 Å². The summed E-state index contributed by atoms with van der Waals surface area (Å²) in [7, 11) is -3.63. The third-order valence-electron chi connectivity index (χ3n) is 5.91. The molecule has 0 atom stereocenters. The fourth-order valence-corrected chi connectivity index (χ4v) is 5.02. The third-order valence-corrected chi connectivity index (χ3v) is 7.82. The maximum atomic E-state index is 12.8. The molecule has 2 aromatic carbocycles. The van der Waals surface area contributed by atoms with Crippen molar-refractivity contribution in [2.24, 2.45) is 5.92 Å². The molecule has 9 nitrogen and oxygen atoms in total. The number of amides is 3. The Kier molecular flexibility index (Phi) is 8.06. The van der Waals surface area contributed by atoms with Crippen LogP contribution in [0.4, 0.5) is 10.5 Å². The Morgan fingerprint density at radius 2 is 1.68 bits per heavy atom. The van der Waals surface area contributed by atoms with Gasteiger partial charge in [-0.3, -0.25) is 10.1 Å². The van der Waals surface area contributed by atoms with Gasteiger partial charge >= 0.3 is 12.0 Å². The first-order chi connectivity index (χ1) is 16.1. The van der Waals surface area contributed by atoms with Gasteiger partial charge in [0.1, 0.15) is 0 Å². The number of ether oxygens (including phenoxy) is 1. The monoisotopic (exact) mass is 487 g/mol. The lowest BCUT2D eigenvalue weighted by Crippen LogP contribution is -2.37. The van der Waals surface area contributed by atoms with Crippen LogP contribution in [0, 0.1) is 19.8 Å². The second kappa shape index (κ2) is 10.8. The average Bonchev–Trinajstić information content (AvgIpc) is 2.81. The number of sulfonamides is 1. The highest BCUT2D eigenvalue weighted by Crippen LogP contribution is 2.23.